The lowest BCUT2D eigenvalue weighted by Gasteiger charge is -2.23. The van der Waals surface area contributed by atoms with E-state index in [1.807, 2.05) is 25.1 Å². The number of anilines is 1. The van der Waals surface area contributed by atoms with Gasteiger partial charge >= 0.3 is 0 Å². The number of sulfone groups is 1. The third kappa shape index (κ3) is 5.97. The molecule has 0 aromatic heterocycles. The molecule has 5 nitrogen and oxygen atoms in total. The van der Waals surface area contributed by atoms with Gasteiger partial charge in [-0.2, -0.15) is 0 Å². The van der Waals surface area contributed by atoms with Crippen molar-refractivity contribution in [3.63, 3.8) is 0 Å². The number of amides is 1. The van der Waals surface area contributed by atoms with Crippen LogP contribution in [0.25, 0.3) is 0 Å². The van der Waals surface area contributed by atoms with Crippen molar-refractivity contribution in [3.8, 4) is 0 Å². The van der Waals surface area contributed by atoms with Crippen LogP contribution >= 0.6 is 0 Å². The van der Waals surface area contributed by atoms with Crippen LogP contribution in [-0.4, -0.2) is 19.9 Å². The summed E-state index contributed by atoms with van der Waals surface area (Å²) in [4.78, 5) is 12.3. The van der Waals surface area contributed by atoms with Gasteiger partial charge in [-0.25, -0.2) is 8.42 Å². The number of benzene rings is 2. The van der Waals surface area contributed by atoms with Crippen molar-refractivity contribution < 1.29 is 13.2 Å². The van der Waals surface area contributed by atoms with E-state index in [-0.39, 0.29) is 17.4 Å². The third-order valence-electron chi connectivity index (χ3n) is 4.09. The number of nitrogens with one attached hydrogen (secondary N) is 1. The van der Waals surface area contributed by atoms with Crippen molar-refractivity contribution in [1.82, 2.24) is 0 Å². The highest BCUT2D eigenvalue weighted by atomic mass is 32.2. The van der Waals surface area contributed by atoms with E-state index in [4.69, 9.17) is 5.73 Å². The van der Waals surface area contributed by atoms with Gasteiger partial charge in [0.2, 0.25) is 5.91 Å². The van der Waals surface area contributed by atoms with Crippen molar-refractivity contribution in [2.75, 3.05) is 5.32 Å². The average molecular weight is 375 g/mol. The van der Waals surface area contributed by atoms with Crippen LogP contribution in [0.4, 0.5) is 5.69 Å². The highest BCUT2D eigenvalue weighted by Gasteiger charge is 2.27. The van der Waals surface area contributed by atoms with Crippen molar-refractivity contribution in [2.45, 2.75) is 43.7 Å². The predicted molar refractivity (Wildman–Crippen MR) is 105 cm³/mol. The highest BCUT2D eigenvalue weighted by molar-refractivity contribution is 7.89. The summed E-state index contributed by atoms with van der Waals surface area (Å²) in [7, 11) is -3.31. The van der Waals surface area contributed by atoms with Gasteiger partial charge in [0.25, 0.3) is 0 Å². The van der Waals surface area contributed by atoms with Crippen molar-refractivity contribution in [3.05, 3.63) is 65.7 Å². The first kappa shape index (κ1) is 20.1. The lowest BCUT2D eigenvalue weighted by atomic mass is 9.96. The van der Waals surface area contributed by atoms with Gasteiger partial charge in [0.15, 0.2) is 9.84 Å². The Kier molecular flexibility index (Phi) is 6.56. The lowest BCUT2D eigenvalue weighted by molar-refractivity contribution is -0.120. The molecule has 0 aliphatic heterocycles. The number of hydrogen-bond donors (Lipinski definition) is 2. The molecule has 1 unspecified atom stereocenters. The van der Waals surface area contributed by atoms with E-state index in [0.29, 0.717) is 17.7 Å². The Morgan fingerprint density at radius 1 is 1.04 bits per heavy atom. The largest absolute Gasteiger partial charge is 0.324 e. The minimum Gasteiger partial charge on any atom is -0.324 e. The summed E-state index contributed by atoms with van der Waals surface area (Å²) in [5, 5.41) is 2.78. The number of rotatable bonds is 8. The highest BCUT2D eigenvalue weighted by Crippen LogP contribution is 2.18. The molecule has 0 spiro atoms. The van der Waals surface area contributed by atoms with E-state index < -0.39 is 15.4 Å². The number of nitrogens with two attached hydrogens (primary N) is 1. The molecule has 0 aliphatic rings. The van der Waals surface area contributed by atoms with E-state index in [9.17, 15) is 13.2 Å². The van der Waals surface area contributed by atoms with Crippen LogP contribution < -0.4 is 11.1 Å². The Labute approximate surface area is 155 Å². The Morgan fingerprint density at radius 2 is 1.65 bits per heavy atom. The number of carbonyl (C=O) groups is 1. The molecule has 2 aromatic rings. The van der Waals surface area contributed by atoms with Crippen molar-refractivity contribution in [1.29, 1.82) is 0 Å². The molecule has 2 rings (SSSR count). The van der Waals surface area contributed by atoms with Gasteiger partial charge in [-0.1, -0.05) is 55.8 Å². The van der Waals surface area contributed by atoms with Crippen molar-refractivity contribution in [2.24, 2.45) is 5.73 Å². The number of carbonyl (C=O) groups excluding carboxylic acids is 1. The van der Waals surface area contributed by atoms with Gasteiger partial charge in [0, 0.05) is 5.69 Å². The Balaban J connectivity index is 2.08. The van der Waals surface area contributed by atoms with Gasteiger partial charge in [-0.3, -0.25) is 4.79 Å². The summed E-state index contributed by atoms with van der Waals surface area (Å²) < 4.78 is 24.9. The molecule has 140 valence electrons. The molecule has 26 heavy (non-hydrogen) atoms. The lowest BCUT2D eigenvalue weighted by Crippen LogP contribution is -2.48. The van der Waals surface area contributed by atoms with E-state index >= 15 is 0 Å². The van der Waals surface area contributed by atoms with Crippen LogP contribution in [0.15, 0.2) is 54.6 Å². The van der Waals surface area contributed by atoms with Gasteiger partial charge in [0.05, 0.1) is 17.0 Å². The summed E-state index contributed by atoms with van der Waals surface area (Å²) in [6.07, 6.45) is 1.38. The second-order valence-corrected chi connectivity index (χ2v) is 8.90. The minimum absolute atomic E-state index is 0.0121. The van der Waals surface area contributed by atoms with Gasteiger partial charge in [-0.15, -0.1) is 0 Å². The predicted octanol–water partition coefficient (Wildman–Crippen LogP) is 3.26. The fraction of sp³-hybridized carbons (Fsp3) is 0.350. The van der Waals surface area contributed by atoms with Crippen LogP contribution in [0.3, 0.4) is 0 Å². The fourth-order valence-electron chi connectivity index (χ4n) is 2.78. The van der Waals surface area contributed by atoms with Gasteiger partial charge in [-0.05, 0) is 36.6 Å². The maximum Gasteiger partial charge on any atom is 0.244 e. The Bertz CT molecular complexity index is 846. The summed E-state index contributed by atoms with van der Waals surface area (Å²) >= 11 is 0. The molecule has 0 fully saturated rings. The van der Waals surface area contributed by atoms with Gasteiger partial charge < -0.3 is 11.1 Å². The molecule has 0 radical (unpaired) electrons. The second kappa shape index (κ2) is 8.47. The molecule has 0 saturated carbocycles. The van der Waals surface area contributed by atoms with E-state index in [0.717, 1.165) is 12.0 Å². The minimum atomic E-state index is -3.31. The quantitative estimate of drug-likeness (QED) is 0.742. The zero-order valence-electron chi connectivity index (χ0n) is 15.2. The second-order valence-electron chi connectivity index (χ2n) is 6.84. The van der Waals surface area contributed by atoms with Crippen LogP contribution in [-0.2, 0) is 26.1 Å². The maximum absolute atomic E-state index is 12.4. The van der Waals surface area contributed by atoms with Crippen LogP contribution in [0.5, 0.6) is 0 Å². The molecular formula is C20H26N2O3S. The molecule has 1 atom stereocenters. The maximum atomic E-state index is 12.4. The smallest absolute Gasteiger partial charge is 0.244 e. The molecule has 0 heterocycles. The zero-order chi connectivity index (χ0) is 19.2. The molecule has 6 heteroatoms. The summed E-state index contributed by atoms with van der Waals surface area (Å²) in [5.41, 5.74) is 7.03. The zero-order valence-corrected chi connectivity index (χ0v) is 16.1. The van der Waals surface area contributed by atoms with Crippen LogP contribution in [0, 0.1) is 0 Å². The van der Waals surface area contributed by atoms with Crippen LogP contribution in [0.2, 0.25) is 0 Å². The SMILES string of the molecule is CCCC(C)(N)C(=O)Nc1cccc(CS(=O)(=O)Cc2ccccc2)c1. The van der Waals surface area contributed by atoms with Crippen molar-refractivity contribution >= 4 is 21.4 Å². The van der Waals surface area contributed by atoms with E-state index in [1.165, 1.54) is 0 Å². The summed E-state index contributed by atoms with van der Waals surface area (Å²) in [6, 6.07) is 16.0. The van der Waals surface area contributed by atoms with Crippen LogP contribution in [0.1, 0.15) is 37.8 Å². The molecule has 1 amide bonds. The Morgan fingerprint density at radius 3 is 2.31 bits per heavy atom. The standard InChI is InChI=1S/C20H26N2O3S/c1-3-12-20(2,21)19(23)22-18-11-7-10-17(13-18)15-26(24,25)14-16-8-5-4-6-9-16/h4-11,13H,3,12,14-15,21H2,1-2H3,(H,22,23). The first-order valence-electron chi connectivity index (χ1n) is 8.65. The van der Waals surface area contributed by atoms with Gasteiger partial charge in [0.1, 0.15) is 0 Å². The molecule has 0 aliphatic carbocycles. The molecule has 2 aromatic carbocycles. The molecule has 0 bridgehead atoms. The topological polar surface area (TPSA) is 89.3 Å². The first-order valence-corrected chi connectivity index (χ1v) is 10.5. The summed E-state index contributed by atoms with van der Waals surface area (Å²) in [5.74, 6) is -0.369. The summed E-state index contributed by atoms with van der Waals surface area (Å²) in [6.45, 7) is 3.66. The molecule has 3 N–H and O–H groups in total. The average Bonchev–Trinajstić information content (AvgIpc) is 2.55. The third-order valence-corrected chi connectivity index (χ3v) is 5.64. The number of hydrogen-bond acceptors (Lipinski definition) is 4. The molecule has 0 saturated heterocycles. The first-order chi connectivity index (χ1) is 12.2. The molecular weight excluding hydrogens is 348 g/mol. The monoisotopic (exact) mass is 374 g/mol. The van der Waals surface area contributed by atoms with E-state index in [1.54, 1.807) is 43.3 Å². The fourth-order valence-corrected chi connectivity index (χ4v) is 4.27. The normalized spacial score (nSPS) is 13.8. The Hall–Kier alpha value is -2.18. The van der Waals surface area contributed by atoms with E-state index in [2.05, 4.69) is 5.32 Å².